The summed E-state index contributed by atoms with van der Waals surface area (Å²) in [6.07, 6.45) is 1.63. The van der Waals surface area contributed by atoms with Crippen LogP contribution in [-0.2, 0) is 12.8 Å². The summed E-state index contributed by atoms with van der Waals surface area (Å²) in [6.45, 7) is 1.86. The second-order valence-electron chi connectivity index (χ2n) is 7.71. The quantitative estimate of drug-likeness (QED) is 0.204. The van der Waals surface area contributed by atoms with Crippen molar-refractivity contribution >= 4 is 62.4 Å². The molecule has 2 N–H and O–H groups in total. The van der Waals surface area contributed by atoms with Gasteiger partial charge in [-0.25, -0.2) is 4.98 Å². The second-order valence-corrected chi connectivity index (χ2v) is 10.3. The van der Waals surface area contributed by atoms with Crippen LogP contribution in [0.15, 0.2) is 57.8 Å². The molecule has 0 aliphatic heterocycles. The number of carbonyl (C=O) groups excluding carboxylic acids is 1. The van der Waals surface area contributed by atoms with E-state index in [9.17, 15) is 9.59 Å². The van der Waals surface area contributed by atoms with E-state index < -0.39 is 5.91 Å². The van der Waals surface area contributed by atoms with Gasteiger partial charge in [0.2, 0.25) is 5.13 Å². The monoisotopic (exact) mass is 523 g/mol. The lowest BCUT2D eigenvalue weighted by Crippen LogP contribution is -2.30. The van der Waals surface area contributed by atoms with Crippen LogP contribution in [-0.4, -0.2) is 30.1 Å². The minimum atomic E-state index is -0.556. The summed E-state index contributed by atoms with van der Waals surface area (Å²) in [5.74, 6) is 0.0596. The molecule has 5 rings (SSSR count). The smallest absolute Gasteiger partial charge is 0.267 e. The van der Waals surface area contributed by atoms with Crippen LogP contribution >= 0.6 is 34.7 Å². The van der Waals surface area contributed by atoms with Crippen LogP contribution in [0.1, 0.15) is 21.5 Å². The molecule has 4 heterocycles. The summed E-state index contributed by atoms with van der Waals surface area (Å²) < 4.78 is 3.54. The molecule has 4 aromatic heterocycles. The summed E-state index contributed by atoms with van der Waals surface area (Å²) in [4.78, 5) is 30.8. The molecule has 0 unspecified atom stereocenters. The van der Waals surface area contributed by atoms with E-state index in [1.54, 1.807) is 19.3 Å². The molecule has 35 heavy (non-hydrogen) atoms. The van der Waals surface area contributed by atoms with Gasteiger partial charge in [0.15, 0.2) is 4.34 Å². The number of benzene rings is 1. The summed E-state index contributed by atoms with van der Waals surface area (Å²) in [7, 11) is 1.61. The number of rotatable bonds is 5. The molecular formula is C23H18ClN7O2S2. The molecule has 0 saturated heterocycles. The number of thioether (sulfide) groups is 1. The van der Waals surface area contributed by atoms with Crippen molar-refractivity contribution in [3.63, 3.8) is 0 Å². The summed E-state index contributed by atoms with van der Waals surface area (Å²) in [5, 5.41) is 20.5. The van der Waals surface area contributed by atoms with Crippen molar-refractivity contribution in [1.82, 2.24) is 24.1 Å². The molecule has 0 saturated carbocycles. The molecule has 0 atom stereocenters. The number of fused-ring (bicyclic) bond motifs is 2. The van der Waals surface area contributed by atoms with Crippen LogP contribution in [0, 0.1) is 12.3 Å². The Bertz CT molecular complexity index is 1740. The molecule has 12 heteroatoms. The molecule has 0 spiro atoms. The molecule has 5 aromatic rings. The number of amides is 1. The average molecular weight is 524 g/mol. The van der Waals surface area contributed by atoms with Crippen molar-refractivity contribution in [2.24, 2.45) is 7.05 Å². The number of hydrogen-bond acceptors (Lipinski definition) is 8. The van der Waals surface area contributed by atoms with E-state index in [2.05, 4.69) is 20.5 Å². The fourth-order valence-corrected chi connectivity index (χ4v) is 5.63. The van der Waals surface area contributed by atoms with Crippen molar-refractivity contribution in [3.8, 4) is 0 Å². The number of pyridine rings is 2. The Hall–Kier alpha value is -3.54. The van der Waals surface area contributed by atoms with Crippen LogP contribution < -0.4 is 16.4 Å². The highest BCUT2D eigenvalue weighted by Gasteiger charge is 2.18. The number of carbonyl (C=O) groups is 1. The third kappa shape index (κ3) is 4.33. The van der Waals surface area contributed by atoms with Gasteiger partial charge in [0.05, 0.1) is 10.9 Å². The lowest BCUT2D eigenvalue weighted by molar-refractivity contribution is 0.102. The fourth-order valence-electron chi connectivity index (χ4n) is 3.59. The van der Waals surface area contributed by atoms with Gasteiger partial charge in [-0.05, 0) is 36.2 Å². The predicted molar refractivity (Wildman–Crippen MR) is 137 cm³/mol. The van der Waals surface area contributed by atoms with Gasteiger partial charge in [0.1, 0.15) is 16.8 Å². The van der Waals surface area contributed by atoms with Gasteiger partial charge in [-0.1, -0.05) is 59.0 Å². The van der Waals surface area contributed by atoms with Crippen molar-refractivity contribution in [2.45, 2.75) is 17.0 Å². The normalized spacial score (nSPS) is 11.3. The van der Waals surface area contributed by atoms with Crippen LogP contribution in [0.25, 0.3) is 16.7 Å². The Morgan fingerprint density at radius 1 is 1.20 bits per heavy atom. The number of aromatic nitrogens is 5. The van der Waals surface area contributed by atoms with E-state index in [0.29, 0.717) is 31.5 Å². The van der Waals surface area contributed by atoms with Gasteiger partial charge in [-0.15, -0.1) is 10.2 Å². The lowest BCUT2D eigenvalue weighted by Gasteiger charge is -2.11. The largest absolute Gasteiger partial charge is 0.313 e. The van der Waals surface area contributed by atoms with Crippen molar-refractivity contribution in [1.29, 1.82) is 5.41 Å². The van der Waals surface area contributed by atoms with Gasteiger partial charge < -0.3 is 4.57 Å². The minimum absolute atomic E-state index is 0.0342. The molecule has 0 bridgehead atoms. The Labute approximate surface area is 211 Å². The Kier molecular flexibility index (Phi) is 6.13. The van der Waals surface area contributed by atoms with Crippen molar-refractivity contribution in [3.05, 3.63) is 86.2 Å². The molecule has 1 amide bonds. The van der Waals surface area contributed by atoms with Crippen molar-refractivity contribution < 1.29 is 4.79 Å². The maximum atomic E-state index is 13.1. The first kappa shape index (κ1) is 23.2. The Morgan fingerprint density at radius 3 is 2.80 bits per heavy atom. The van der Waals surface area contributed by atoms with E-state index in [1.807, 2.05) is 37.3 Å². The first-order valence-electron chi connectivity index (χ1n) is 10.4. The van der Waals surface area contributed by atoms with E-state index in [0.717, 1.165) is 11.1 Å². The average Bonchev–Trinajstić information content (AvgIpc) is 3.29. The number of nitrogens with one attached hydrogen (secondary N) is 2. The SMILES string of the molecule is Cc1cccn2c(=O)c3cc(C(=O)Nc4nnc(SCc5ccccc5Cl)s4)c(=N)n(C)c3nc12. The molecule has 0 radical (unpaired) electrons. The summed E-state index contributed by atoms with van der Waals surface area (Å²) in [6, 6.07) is 12.6. The lowest BCUT2D eigenvalue weighted by atomic mass is 10.2. The summed E-state index contributed by atoms with van der Waals surface area (Å²) >= 11 is 8.88. The molecule has 0 aliphatic carbocycles. The Balaban J connectivity index is 1.43. The van der Waals surface area contributed by atoms with Crippen LogP contribution in [0.5, 0.6) is 0 Å². The predicted octanol–water partition coefficient (Wildman–Crippen LogP) is 4.02. The van der Waals surface area contributed by atoms with Crippen LogP contribution in [0.2, 0.25) is 5.02 Å². The molecule has 1 aromatic carbocycles. The zero-order valence-electron chi connectivity index (χ0n) is 18.6. The third-order valence-corrected chi connectivity index (χ3v) is 7.83. The van der Waals surface area contributed by atoms with Gasteiger partial charge in [-0.3, -0.25) is 24.7 Å². The first-order chi connectivity index (χ1) is 16.8. The van der Waals surface area contributed by atoms with Gasteiger partial charge in [0.25, 0.3) is 11.5 Å². The van der Waals surface area contributed by atoms with Crippen molar-refractivity contribution in [2.75, 3.05) is 5.32 Å². The van der Waals surface area contributed by atoms with E-state index in [1.165, 1.54) is 38.1 Å². The minimum Gasteiger partial charge on any atom is -0.313 e. The zero-order valence-corrected chi connectivity index (χ0v) is 21.0. The standard InChI is InChI=1S/C23H18ClN7O2S2/c1-12-6-5-9-31-18(12)26-19-15(21(31)33)10-14(17(25)30(19)2)20(32)27-22-28-29-23(35-22)34-11-13-7-3-4-8-16(13)24/h3-10,25H,11H2,1-2H3,(H,27,28,32). The zero-order chi connectivity index (χ0) is 24.7. The maximum absolute atomic E-state index is 13.1. The number of anilines is 1. The first-order valence-corrected chi connectivity index (χ1v) is 12.6. The number of hydrogen-bond donors (Lipinski definition) is 2. The third-order valence-electron chi connectivity index (χ3n) is 5.44. The van der Waals surface area contributed by atoms with Crippen LogP contribution in [0.4, 0.5) is 5.13 Å². The number of aryl methyl sites for hydroxylation is 2. The second kappa shape index (κ2) is 9.25. The molecule has 9 nitrogen and oxygen atoms in total. The van der Waals surface area contributed by atoms with Gasteiger partial charge in [0, 0.05) is 24.0 Å². The highest BCUT2D eigenvalue weighted by molar-refractivity contribution is 8.00. The van der Waals surface area contributed by atoms with E-state index in [4.69, 9.17) is 17.0 Å². The van der Waals surface area contributed by atoms with Gasteiger partial charge >= 0.3 is 0 Å². The molecule has 176 valence electrons. The summed E-state index contributed by atoms with van der Waals surface area (Å²) in [5.41, 5.74) is 2.30. The highest BCUT2D eigenvalue weighted by Crippen LogP contribution is 2.30. The topological polar surface area (TPSA) is 118 Å². The fraction of sp³-hybridized carbons (Fsp3) is 0.130. The maximum Gasteiger partial charge on any atom is 0.267 e. The molecule has 0 aliphatic rings. The Morgan fingerprint density at radius 2 is 2.00 bits per heavy atom. The van der Waals surface area contributed by atoms with Crippen LogP contribution in [0.3, 0.4) is 0 Å². The highest BCUT2D eigenvalue weighted by atomic mass is 35.5. The molecule has 0 fully saturated rings. The molecular weight excluding hydrogens is 506 g/mol. The van der Waals surface area contributed by atoms with Gasteiger partial charge in [-0.2, -0.15) is 0 Å². The van der Waals surface area contributed by atoms with E-state index in [-0.39, 0.29) is 22.0 Å². The number of nitrogens with zero attached hydrogens (tertiary/aromatic N) is 5. The number of halogens is 1. The van der Waals surface area contributed by atoms with E-state index >= 15 is 0 Å².